The minimum Gasteiger partial charge on any atom is -0.296 e. The van der Waals surface area contributed by atoms with Crippen LogP contribution in [-0.4, -0.2) is 15.4 Å². The first-order chi connectivity index (χ1) is 9.70. The summed E-state index contributed by atoms with van der Waals surface area (Å²) in [4.78, 5) is 4.60. The molecule has 20 heavy (non-hydrogen) atoms. The molecule has 0 radical (unpaired) electrons. The number of aromatic nitrogens is 2. The topological polar surface area (TPSA) is 17.8 Å². The van der Waals surface area contributed by atoms with Crippen LogP contribution in [0.2, 0.25) is 0 Å². The summed E-state index contributed by atoms with van der Waals surface area (Å²) in [6, 6.07) is 12.8. The largest absolute Gasteiger partial charge is 0.296 e. The average molecular weight is 354 g/mol. The summed E-state index contributed by atoms with van der Waals surface area (Å²) in [6.07, 6.45) is 0.658. The number of imidazole rings is 1. The predicted molar refractivity (Wildman–Crippen MR) is 83.2 cm³/mol. The van der Waals surface area contributed by atoms with Crippen molar-refractivity contribution < 1.29 is 4.39 Å². The number of para-hydroxylation sites is 2. The van der Waals surface area contributed by atoms with E-state index < -0.39 is 0 Å². The lowest BCUT2D eigenvalue weighted by Crippen LogP contribution is -2.02. The van der Waals surface area contributed by atoms with Crippen molar-refractivity contribution in [2.24, 2.45) is 0 Å². The third-order valence-corrected chi connectivity index (χ3v) is 3.91. The van der Waals surface area contributed by atoms with Crippen molar-refractivity contribution in [3.05, 3.63) is 58.6 Å². The van der Waals surface area contributed by atoms with Gasteiger partial charge in [-0.05, 0) is 46.3 Å². The smallest absolute Gasteiger partial charge is 0.137 e. The van der Waals surface area contributed by atoms with Gasteiger partial charge in [-0.2, -0.15) is 0 Å². The highest BCUT2D eigenvalue weighted by atomic mass is 79.9. The zero-order chi connectivity index (χ0) is 14.1. The number of alkyl halides is 1. The van der Waals surface area contributed by atoms with Crippen LogP contribution in [0.5, 0.6) is 0 Å². The lowest BCUT2D eigenvalue weighted by molar-refractivity contribution is 0.620. The van der Waals surface area contributed by atoms with E-state index in [1.54, 1.807) is 12.1 Å². The highest BCUT2D eigenvalue weighted by molar-refractivity contribution is 9.10. The van der Waals surface area contributed by atoms with Crippen molar-refractivity contribution >= 4 is 38.6 Å². The average Bonchev–Trinajstić information content (AvgIpc) is 2.80. The molecule has 2 aromatic carbocycles. The highest BCUT2D eigenvalue weighted by Gasteiger charge is 2.12. The second kappa shape index (κ2) is 5.54. The minimum absolute atomic E-state index is 0.280. The van der Waals surface area contributed by atoms with Gasteiger partial charge in [-0.15, -0.1) is 11.6 Å². The van der Waals surface area contributed by atoms with Gasteiger partial charge in [0.1, 0.15) is 11.6 Å². The number of aryl methyl sites for hydroxylation is 1. The Bertz CT molecular complexity index is 770. The van der Waals surface area contributed by atoms with Crippen LogP contribution in [0.3, 0.4) is 0 Å². The van der Waals surface area contributed by atoms with E-state index in [-0.39, 0.29) is 5.82 Å². The van der Waals surface area contributed by atoms with E-state index >= 15 is 0 Å². The molecule has 3 aromatic rings. The zero-order valence-electron chi connectivity index (χ0n) is 10.5. The van der Waals surface area contributed by atoms with Gasteiger partial charge >= 0.3 is 0 Å². The van der Waals surface area contributed by atoms with Crippen molar-refractivity contribution in [2.75, 3.05) is 5.88 Å². The fraction of sp³-hybridized carbons (Fsp3) is 0.133. The molecule has 0 fully saturated rings. The summed E-state index contributed by atoms with van der Waals surface area (Å²) in [7, 11) is 0. The van der Waals surface area contributed by atoms with Crippen LogP contribution >= 0.6 is 27.5 Å². The Hall–Kier alpha value is -1.39. The van der Waals surface area contributed by atoms with Gasteiger partial charge in [0.15, 0.2) is 0 Å². The minimum atomic E-state index is -0.280. The maximum atomic E-state index is 13.4. The van der Waals surface area contributed by atoms with Crippen molar-refractivity contribution in [2.45, 2.75) is 6.42 Å². The van der Waals surface area contributed by atoms with Gasteiger partial charge < -0.3 is 0 Å². The fourth-order valence-corrected chi connectivity index (χ4v) is 2.78. The Morgan fingerprint density at radius 1 is 1.20 bits per heavy atom. The molecule has 0 saturated carbocycles. The zero-order valence-corrected chi connectivity index (χ0v) is 12.8. The maximum absolute atomic E-state index is 13.4. The molecule has 0 spiro atoms. The van der Waals surface area contributed by atoms with Gasteiger partial charge in [-0.25, -0.2) is 9.37 Å². The van der Waals surface area contributed by atoms with Crippen molar-refractivity contribution in [3.63, 3.8) is 0 Å². The van der Waals surface area contributed by atoms with E-state index in [1.807, 2.05) is 28.8 Å². The molecule has 0 aliphatic carbocycles. The normalized spacial score (nSPS) is 11.2. The Kier molecular flexibility index (Phi) is 3.76. The van der Waals surface area contributed by atoms with Crippen LogP contribution in [0.25, 0.3) is 16.7 Å². The summed E-state index contributed by atoms with van der Waals surface area (Å²) in [6.45, 7) is 0. The van der Waals surface area contributed by atoms with Gasteiger partial charge in [-0.3, -0.25) is 4.57 Å². The molecule has 0 unspecified atom stereocenters. The Balaban J connectivity index is 2.26. The van der Waals surface area contributed by atoms with Gasteiger partial charge in [0.2, 0.25) is 0 Å². The molecule has 1 aromatic heterocycles. The van der Waals surface area contributed by atoms with E-state index in [0.717, 1.165) is 22.5 Å². The Morgan fingerprint density at radius 3 is 2.75 bits per heavy atom. The highest BCUT2D eigenvalue weighted by Crippen LogP contribution is 2.25. The molecule has 0 amide bonds. The molecule has 0 bridgehead atoms. The van der Waals surface area contributed by atoms with Crippen molar-refractivity contribution in [3.8, 4) is 5.69 Å². The van der Waals surface area contributed by atoms with Crippen LogP contribution in [0, 0.1) is 5.82 Å². The molecular weight excluding hydrogens is 343 g/mol. The summed E-state index contributed by atoms with van der Waals surface area (Å²) in [5.41, 5.74) is 2.77. The molecule has 0 saturated heterocycles. The third-order valence-electron chi connectivity index (χ3n) is 3.11. The molecule has 102 valence electrons. The summed E-state index contributed by atoms with van der Waals surface area (Å²) in [5, 5.41) is 0. The SMILES string of the molecule is Fc1ccc(-n2c(CCCl)nc3ccccc32)cc1Br. The van der Waals surface area contributed by atoms with Crippen molar-refractivity contribution in [1.29, 1.82) is 0 Å². The van der Waals surface area contributed by atoms with Gasteiger partial charge in [0, 0.05) is 18.0 Å². The predicted octanol–water partition coefficient (Wildman–Crippen LogP) is 4.71. The first kappa shape index (κ1) is 13.6. The van der Waals surface area contributed by atoms with Gasteiger partial charge in [-0.1, -0.05) is 12.1 Å². The van der Waals surface area contributed by atoms with E-state index in [1.165, 1.54) is 6.07 Å². The number of halogens is 3. The standard InChI is InChI=1S/C15H11BrClFN2/c16-11-9-10(5-6-12(11)18)20-14-4-2-1-3-13(14)19-15(20)7-8-17/h1-6,9H,7-8H2. The van der Waals surface area contributed by atoms with Gasteiger partial charge in [0.05, 0.1) is 15.5 Å². The number of rotatable bonds is 3. The van der Waals surface area contributed by atoms with Crippen LogP contribution in [0.1, 0.15) is 5.82 Å². The molecule has 3 rings (SSSR count). The summed E-state index contributed by atoms with van der Waals surface area (Å²) in [5.74, 6) is 1.09. The Labute approximate surface area is 129 Å². The quantitative estimate of drug-likeness (QED) is 0.624. The Morgan fingerprint density at radius 2 is 2.00 bits per heavy atom. The summed E-state index contributed by atoms with van der Waals surface area (Å²) >= 11 is 9.08. The molecular formula is C15H11BrClFN2. The van der Waals surface area contributed by atoms with E-state index in [9.17, 15) is 4.39 Å². The van der Waals surface area contributed by atoms with E-state index in [4.69, 9.17) is 11.6 Å². The lowest BCUT2D eigenvalue weighted by Gasteiger charge is -2.09. The van der Waals surface area contributed by atoms with Crippen LogP contribution < -0.4 is 0 Å². The molecule has 1 heterocycles. The molecule has 0 aliphatic rings. The van der Waals surface area contributed by atoms with Crippen LogP contribution in [0.4, 0.5) is 4.39 Å². The number of hydrogen-bond donors (Lipinski definition) is 0. The monoisotopic (exact) mass is 352 g/mol. The molecule has 5 heteroatoms. The van der Waals surface area contributed by atoms with Gasteiger partial charge in [0.25, 0.3) is 0 Å². The maximum Gasteiger partial charge on any atom is 0.137 e. The number of hydrogen-bond acceptors (Lipinski definition) is 1. The van der Waals surface area contributed by atoms with Crippen LogP contribution in [-0.2, 0) is 6.42 Å². The van der Waals surface area contributed by atoms with E-state index in [2.05, 4.69) is 20.9 Å². The molecule has 0 N–H and O–H groups in total. The van der Waals surface area contributed by atoms with Crippen LogP contribution in [0.15, 0.2) is 46.9 Å². The van der Waals surface area contributed by atoms with Crippen molar-refractivity contribution in [1.82, 2.24) is 9.55 Å². The molecule has 2 nitrogen and oxygen atoms in total. The summed E-state index contributed by atoms with van der Waals surface area (Å²) < 4.78 is 15.9. The van der Waals surface area contributed by atoms with E-state index in [0.29, 0.717) is 16.8 Å². The lowest BCUT2D eigenvalue weighted by atomic mass is 10.2. The number of fused-ring (bicyclic) bond motifs is 1. The second-order valence-electron chi connectivity index (χ2n) is 4.39. The first-order valence-electron chi connectivity index (χ1n) is 6.18. The fourth-order valence-electron chi connectivity index (χ4n) is 2.24. The molecule has 0 aliphatic heterocycles. The number of nitrogens with zero attached hydrogens (tertiary/aromatic N) is 2. The molecule has 0 atom stereocenters. The first-order valence-corrected chi connectivity index (χ1v) is 7.51. The number of benzene rings is 2. The second-order valence-corrected chi connectivity index (χ2v) is 5.62. The third kappa shape index (κ3) is 2.34.